The van der Waals surface area contributed by atoms with E-state index in [4.69, 9.17) is 21.5 Å². The molecule has 0 aromatic heterocycles. The first-order valence-corrected chi connectivity index (χ1v) is 9.37. The molecule has 2 aromatic carbocycles. The summed E-state index contributed by atoms with van der Waals surface area (Å²) in [6.45, 7) is 5.17. The lowest BCUT2D eigenvalue weighted by atomic mass is 10.2. The zero-order valence-electron chi connectivity index (χ0n) is 14.0. The summed E-state index contributed by atoms with van der Waals surface area (Å²) in [5.74, 6) is 0.131. The van der Waals surface area contributed by atoms with E-state index in [1.165, 1.54) is 12.1 Å². The Morgan fingerprint density at radius 3 is 2.44 bits per heavy atom. The van der Waals surface area contributed by atoms with Gasteiger partial charge in [-0.15, -0.1) is 0 Å². The molecule has 0 spiro atoms. The van der Waals surface area contributed by atoms with E-state index in [9.17, 15) is 13.2 Å². The Labute approximate surface area is 152 Å². The Morgan fingerprint density at radius 2 is 1.84 bits per heavy atom. The number of aryl methyl sites for hydroxylation is 2. The smallest absolute Gasteiger partial charge is 0.265 e. The van der Waals surface area contributed by atoms with Gasteiger partial charge in [-0.25, -0.2) is 13.6 Å². The zero-order chi connectivity index (χ0) is 18.8. The molecule has 0 aliphatic rings. The van der Waals surface area contributed by atoms with Crippen LogP contribution < -0.4 is 15.2 Å². The first-order chi connectivity index (χ1) is 11.6. The summed E-state index contributed by atoms with van der Waals surface area (Å²) in [5, 5.41) is 8.37. The zero-order valence-corrected chi connectivity index (χ0v) is 15.6. The lowest BCUT2D eigenvalue weighted by Gasteiger charge is -2.17. The van der Waals surface area contributed by atoms with Gasteiger partial charge in [0, 0.05) is 10.7 Å². The topological polar surface area (TPSA) is 98.5 Å². The Morgan fingerprint density at radius 1 is 1.16 bits per heavy atom. The van der Waals surface area contributed by atoms with Gasteiger partial charge < -0.3 is 10.1 Å². The highest BCUT2D eigenvalue weighted by Gasteiger charge is 2.18. The van der Waals surface area contributed by atoms with Crippen LogP contribution in [-0.4, -0.2) is 20.4 Å². The molecule has 0 saturated heterocycles. The van der Waals surface area contributed by atoms with E-state index in [1.807, 2.05) is 6.92 Å². The van der Waals surface area contributed by atoms with Gasteiger partial charge in [0.15, 0.2) is 6.10 Å². The highest BCUT2D eigenvalue weighted by atomic mass is 35.5. The van der Waals surface area contributed by atoms with Crippen molar-refractivity contribution in [2.45, 2.75) is 31.8 Å². The number of hydrogen-bond donors (Lipinski definition) is 2. The summed E-state index contributed by atoms with van der Waals surface area (Å²) in [4.78, 5) is 12.3. The maximum Gasteiger partial charge on any atom is 0.265 e. The van der Waals surface area contributed by atoms with Crippen molar-refractivity contribution in [2.24, 2.45) is 5.14 Å². The maximum atomic E-state index is 12.4. The molecule has 134 valence electrons. The lowest BCUT2D eigenvalue weighted by Crippen LogP contribution is -2.30. The minimum absolute atomic E-state index is 0.0736. The average molecular weight is 383 g/mol. The lowest BCUT2D eigenvalue weighted by molar-refractivity contribution is -0.122. The highest BCUT2D eigenvalue weighted by Crippen LogP contribution is 2.24. The number of hydrogen-bond acceptors (Lipinski definition) is 4. The van der Waals surface area contributed by atoms with E-state index in [1.54, 1.807) is 38.1 Å². The predicted octanol–water partition coefficient (Wildman–Crippen LogP) is 3.01. The van der Waals surface area contributed by atoms with Gasteiger partial charge in [-0.1, -0.05) is 17.7 Å². The second kappa shape index (κ2) is 7.43. The number of amides is 1. The van der Waals surface area contributed by atoms with Crippen molar-refractivity contribution in [1.29, 1.82) is 0 Å². The van der Waals surface area contributed by atoms with Crippen molar-refractivity contribution >= 4 is 33.2 Å². The van der Waals surface area contributed by atoms with E-state index in [0.717, 1.165) is 5.56 Å². The Kier molecular flexibility index (Phi) is 5.72. The summed E-state index contributed by atoms with van der Waals surface area (Å²) in [7, 11) is -3.85. The average Bonchev–Trinajstić information content (AvgIpc) is 2.50. The molecule has 0 bridgehead atoms. The fourth-order valence-corrected chi connectivity index (χ4v) is 2.90. The van der Waals surface area contributed by atoms with Gasteiger partial charge in [-0.3, -0.25) is 4.79 Å². The number of sulfonamides is 1. The van der Waals surface area contributed by atoms with Gasteiger partial charge in [0.25, 0.3) is 5.91 Å². The minimum atomic E-state index is -3.85. The third-order valence-electron chi connectivity index (χ3n) is 3.61. The second-order valence-corrected chi connectivity index (χ2v) is 7.68. The molecule has 0 aliphatic carbocycles. The van der Waals surface area contributed by atoms with Crippen molar-refractivity contribution in [3.8, 4) is 5.75 Å². The molecule has 2 rings (SSSR count). The molecule has 8 heteroatoms. The number of halogens is 1. The van der Waals surface area contributed by atoms with Crippen molar-refractivity contribution in [1.82, 2.24) is 0 Å². The summed E-state index contributed by atoms with van der Waals surface area (Å²) >= 11 is 5.90. The number of nitrogens with two attached hydrogens (primary N) is 1. The van der Waals surface area contributed by atoms with Gasteiger partial charge >= 0.3 is 0 Å². The minimum Gasteiger partial charge on any atom is -0.481 e. The standard InChI is InChI=1S/C17H19ClN2O4S/c1-10-4-6-14(25(19,22)23)9-15(10)20-17(21)12(3)24-16-7-5-13(18)8-11(16)2/h4-9,12H,1-3H3,(H,20,21)(H2,19,22,23). The number of carbonyl (C=O) groups is 1. The molecule has 0 aliphatic heterocycles. The molecule has 2 aromatic rings. The van der Waals surface area contributed by atoms with Gasteiger partial charge in [0.2, 0.25) is 10.0 Å². The number of nitrogens with one attached hydrogen (secondary N) is 1. The van der Waals surface area contributed by atoms with E-state index in [0.29, 0.717) is 22.0 Å². The molecular formula is C17H19ClN2O4S. The number of anilines is 1. The summed E-state index contributed by atoms with van der Waals surface area (Å²) in [6, 6.07) is 9.38. The molecule has 0 saturated carbocycles. The molecular weight excluding hydrogens is 364 g/mol. The normalized spacial score (nSPS) is 12.5. The molecule has 1 unspecified atom stereocenters. The van der Waals surface area contributed by atoms with E-state index in [-0.39, 0.29) is 4.90 Å². The van der Waals surface area contributed by atoms with Crippen LogP contribution in [0.25, 0.3) is 0 Å². The highest BCUT2D eigenvalue weighted by molar-refractivity contribution is 7.89. The molecule has 1 atom stereocenters. The fraction of sp³-hybridized carbons (Fsp3) is 0.235. The Balaban J connectivity index is 2.16. The van der Waals surface area contributed by atoms with Crippen molar-refractivity contribution in [3.05, 3.63) is 52.5 Å². The third-order valence-corrected chi connectivity index (χ3v) is 4.75. The quantitative estimate of drug-likeness (QED) is 0.830. The van der Waals surface area contributed by atoms with Crippen LogP contribution in [-0.2, 0) is 14.8 Å². The van der Waals surface area contributed by atoms with Crippen LogP contribution in [0.2, 0.25) is 5.02 Å². The number of rotatable bonds is 5. The van der Waals surface area contributed by atoms with Crippen molar-refractivity contribution < 1.29 is 17.9 Å². The fourth-order valence-electron chi connectivity index (χ4n) is 2.14. The van der Waals surface area contributed by atoms with Gasteiger partial charge in [-0.05, 0) is 62.2 Å². The van der Waals surface area contributed by atoms with Crippen LogP contribution >= 0.6 is 11.6 Å². The number of carbonyl (C=O) groups excluding carboxylic acids is 1. The molecule has 0 fully saturated rings. The number of ether oxygens (including phenoxy) is 1. The van der Waals surface area contributed by atoms with Gasteiger partial charge in [0.05, 0.1) is 4.90 Å². The molecule has 0 heterocycles. The van der Waals surface area contributed by atoms with Crippen LogP contribution in [0.4, 0.5) is 5.69 Å². The maximum absolute atomic E-state index is 12.4. The van der Waals surface area contributed by atoms with Crippen LogP contribution in [0.15, 0.2) is 41.3 Å². The molecule has 25 heavy (non-hydrogen) atoms. The largest absolute Gasteiger partial charge is 0.481 e. The summed E-state index contributed by atoms with van der Waals surface area (Å²) in [6.07, 6.45) is -0.794. The van der Waals surface area contributed by atoms with Crippen molar-refractivity contribution in [3.63, 3.8) is 0 Å². The van der Waals surface area contributed by atoms with E-state index >= 15 is 0 Å². The Bertz CT molecular complexity index is 913. The van der Waals surface area contributed by atoms with Crippen LogP contribution in [0, 0.1) is 13.8 Å². The van der Waals surface area contributed by atoms with Gasteiger partial charge in [-0.2, -0.15) is 0 Å². The monoisotopic (exact) mass is 382 g/mol. The van der Waals surface area contributed by atoms with Crippen LogP contribution in [0.5, 0.6) is 5.75 Å². The summed E-state index contributed by atoms with van der Waals surface area (Å²) < 4.78 is 28.6. The van der Waals surface area contributed by atoms with Gasteiger partial charge in [0.1, 0.15) is 5.75 Å². The first kappa shape index (κ1) is 19.2. The number of benzene rings is 2. The van der Waals surface area contributed by atoms with Crippen molar-refractivity contribution in [2.75, 3.05) is 5.32 Å². The number of primary sulfonamides is 1. The third kappa shape index (κ3) is 4.94. The first-order valence-electron chi connectivity index (χ1n) is 7.45. The molecule has 3 N–H and O–H groups in total. The van der Waals surface area contributed by atoms with E-state index in [2.05, 4.69) is 5.32 Å². The molecule has 0 radical (unpaired) electrons. The van der Waals surface area contributed by atoms with Crippen LogP contribution in [0.3, 0.4) is 0 Å². The SMILES string of the molecule is Cc1ccc(S(N)(=O)=O)cc1NC(=O)C(C)Oc1ccc(Cl)cc1C. The van der Waals surface area contributed by atoms with E-state index < -0.39 is 22.0 Å². The van der Waals surface area contributed by atoms with Crippen LogP contribution in [0.1, 0.15) is 18.1 Å². The molecule has 1 amide bonds. The summed E-state index contributed by atoms with van der Waals surface area (Å²) in [5.41, 5.74) is 1.87. The Hall–Kier alpha value is -2.09. The second-order valence-electron chi connectivity index (χ2n) is 5.68. The molecule has 6 nitrogen and oxygen atoms in total. The predicted molar refractivity (Wildman–Crippen MR) is 97.5 cm³/mol.